The minimum absolute atomic E-state index is 0.135. The van der Waals surface area contributed by atoms with E-state index in [0.29, 0.717) is 12.0 Å². The van der Waals surface area contributed by atoms with Gasteiger partial charge in [-0.15, -0.1) is 0 Å². The number of nitrogens with one attached hydrogen (secondary N) is 2. The Balaban J connectivity index is 1.73. The summed E-state index contributed by atoms with van der Waals surface area (Å²) in [5, 5.41) is 6.69. The molecule has 0 unspecified atom stereocenters. The quantitative estimate of drug-likeness (QED) is 0.805. The van der Waals surface area contributed by atoms with Crippen LogP contribution >= 0.6 is 0 Å². The molecule has 0 bridgehead atoms. The fourth-order valence-corrected chi connectivity index (χ4v) is 2.65. The summed E-state index contributed by atoms with van der Waals surface area (Å²) in [4.78, 5) is 11.8. The average Bonchev–Trinajstić information content (AvgIpc) is 2.76. The molecule has 2 fully saturated rings. The molecule has 2 heterocycles. The van der Waals surface area contributed by atoms with Crippen LogP contribution in [0.25, 0.3) is 0 Å². The lowest BCUT2D eigenvalue weighted by Gasteiger charge is -2.23. The van der Waals surface area contributed by atoms with Gasteiger partial charge in [-0.2, -0.15) is 0 Å². The third kappa shape index (κ3) is 1.82. The number of H-pyrrole nitrogens is 1. The minimum atomic E-state index is 0.135. The Hall–Kier alpha value is -1.03. The lowest BCUT2D eigenvalue weighted by molar-refractivity contribution is 0.399. The molecule has 1 aromatic heterocycles. The normalized spacial score (nSPS) is 25.9. The molecular weight excluding hydrogens is 202 g/mol. The molecule has 2 N–H and O–H groups in total. The molecule has 0 radical (unpaired) electrons. The third-order valence-corrected chi connectivity index (χ3v) is 3.92. The summed E-state index contributed by atoms with van der Waals surface area (Å²) in [6.45, 7) is 1.89. The Labute approximate surface area is 95.0 Å². The van der Waals surface area contributed by atoms with Gasteiger partial charge in [-0.1, -0.05) is 6.42 Å². The summed E-state index contributed by atoms with van der Waals surface area (Å²) in [6, 6.07) is 2.27. The van der Waals surface area contributed by atoms with Crippen molar-refractivity contribution in [2.24, 2.45) is 0 Å². The van der Waals surface area contributed by atoms with Crippen molar-refractivity contribution >= 4 is 0 Å². The molecule has 4 nitrogen and oxygen atoms in total. The molecule has 1 aliphatic heterocycles. The molecule has 1 atom stereocenters. The van der Waals surface area contributed by atoms with Gasteiger partial charge in [0.05, 0.1) is 6.54 Å². The molecule has 4 heteroatoms. The van der Waals surface area contributed by atoms with Gasteiger partial charge in [0, 0.05) is 23.7 Å². The van der Waals surface area contributed by atoms with Crippen LogP contribution in [0, 0.1) is 0 Å². The SMILES string of the molecule is O=c1cc(C2CCC2)[nH]n1C[C@@H]1CCCN1. The van der Waals surface area contributed by atoms with Crippen LogP contribution in [0.5, 0.6) is 0 Å². The second-order valence-electron chi connectivity index (χ2n) is 5.08. The molecule has 0 spiro atoms. The molecule has 3 rings (SSSR count). The smallest absolute Gasteiger partial charge is 0.266 e. The summed E-state index contributed by atoms with van der Waals surface area (Å²) in [7, 11) is 0. The highest BCUT2D eigenvalue weighted by Crippen LogP contribution is 2.34. The maximum absolute atomic E-state index is 11.8. The van der Waals surface area contributed by atoms with Gasteiger partial charge in [-0.05, 0) is 32.2 Å². The Morgan fingerprint density at radius 2 is 2.19 bits per heavy atom. The fourth-order valence-electron chi connectivity index (χ4n) is 2.65. The Kier molecular flexibility index (Phi) is 2.59. The van der Waals surface area contributed by atoms with Gasteiger partial charge in [0.15, 0.2) is 0 Å². The van der Waals surface area contributed by atoms with Gasteiger partial charge >= 0.3 is 0 Å². The largest absolute Gasteiger partial charge is 0.312 e. The first kappa shape index (κ1) is 10.1. The summed E-state index contributed by atoms with van der Waals surface area (Å²) in [5.74, 6) is 0.616. The summed E-state index contributed by atoms with van der Waals surface area (Å²) >= 11 is 0. The summed E-state index contributed by atoms with van der Waals surface area (Å²) in [6.07, 6.45) is 6.20. The van der Waals surface area contributed by atoms with Crippen LogP contribution in [-0.2, 0) is 6.54 Å². The standard InChI is InChI=1S/C12H19N3O/c16-12-7-11(9-3-1-4-9)14-15(12)8-10-5-2-6-13-10/h7,9-10,13-14H,1-6,8H2/t10-/m0/s1. The van der Waals surface area contributed by atoms with E-state index >= 15 is 0 Å². The first-order chi connectivity index (χ1) is 7.83. The lowest BCUT2D eigenvalue weighted by Crippen LogP contribution is -2.31. The van der Waals surface area contributed by atoms with Crippen molar-refractivity contribution in [2.75, 3.05) is 6.54 Å². The zero-order valence-corrected chi connectivity index (χ0v) is 9.54. The summed E-state index contributed by atoms with van der Waals surface area (Å²) in [5.41, 5.74) is 1.28. The van der Waals surface area contributed by atoms with Gasteiger partial charge in [-0.25, -0.2) is 0 Å². The van der Waals surface area contributed by atoms with Crippen molar-refractivity contribution in [3.63, 3.8) is 0 Å². The van der Waals surface area contributed by atoms with E-state index in [9.17, 15) is 4.79 Å². The van der Waals surface area contributed by atoms with Crippen LogP contribution < -0.4 is 10.9 Å². The van der Waals surface area contributed by atoms with E-state index in [0.717, 1.165) is 18.8 Å². The number of aromatic amines is 1. The molecule has 0 amide bonds. The van der Waals surface area contributed by atoms with Gasteiger partial charge in [0.1, 0.15) is 0 Å². The molecule has 1 saturated heterocycles. The molecule has 1 saturated carbocycles. The second kappa shape index (κ2) is 4.09. The van der Waals surface area contributed by atoms with E-state index in [4.69, 9.17) is 0 Å². The van der Waals surface area contributed by atoms with E-state index in [1.54, 1.807) is 10.7 Å². The summed E-state index contributed by atoms with van der Waals surface area (Å²) < 4.78 is 1.77. The predicted molar refractivity (Wildman–Crippen MR) is 62.7 cm³/mol. The highest BCUT2D eigenvalue weighted by molar-refractivity contribution is 5.09. The monoisotopic (exact) mass is 221 g/mol. The van der Waals surface area contributed by atoms with E-state index in [1.807, 2.05) is 0 Å². The van der Waals surface area contributed by atoms with Gasteiger partial charge in [-0.3, -0.25) is 14.6 Å². The zero-order chi connectivity index (χ0) is 11.0. The van der Waals surface area contributed by atoms with Crippen molar-refractivity contribution in [1.82, 2.24) is 15.1 Å². The van der Waals surface area contributed by atoms with Gasteiger partial charge in [0.25, 0.3) is 5.56 Å². The molecule has 16 heavy (non-hydrogen) atoms. The molecule has 2 aliphatic rings. The van der Waals surface area contributed by atoms with Crippen molar-refractivity contribution in [3.05, 3.63) is 22.1 Å². The molecule has 1 aliphatic carbocycles. The van der Waals surface area contributed by atoms with E-state index in [-0.39, 0.29) is 5.56 Å². The first-order valence-corrected chi connectivity index (χ1v) is 6.36. The van der Waals surface area contributed by atoms with Crippen LogP contribution in [0.3, 0.4) is 0 Å². The topological polar surface area (TPSA) is 49.8 Å². The third-order valence-electron chi connectivity index (χ3n) is 3.92. The predicted octanol–water partition coefficient (Wildman–Crippen LogP) is 1.20. The Morgan fingerprint density at radius 3 is 2.81 bits per heavy atom. The zero-order valence-electron chi connectivity index (χ0n) is 9.54. The van der Waals surface area contributed by atoms with Crippen LogP contribution in [0.1, 0.15) is 43.7 Å². The van der Waals surface area contributed by atoms with E-state index < -0.39 is 0 Å². The Morgan fingerprint density at radius 1 is 1.31 bits per heavy atom. The van der Waals surface area contributed by atoms with E-state index in [2.05, 4.69) is 10.4 Å². The fraction of sp³-hybridized carbons (Fsp3) is 0.750. The van der Waals surface area contributed by atoms with Crippen LogP contribution in [0.15, 0.2) is 10.9 Å². The van der Waals surface area contributed by atoms with Crippen LogP contribution in [-0.4, -0.2) is 22.4 Å². The highest BCUT2D eigenvalue weighted by atomic mass is 16.1. The van der Waals surface area contributed by atoms with E-state index in [1.165, 1.54) is 32.1 Å². The maximum atomic E-state index is 11.8. The number of hydrogen-bond acceptors (Lipinski definition) is 2. The lowest BCUT2D eigenvalue weighted by atomic mass is 9.83. The Bertz CT molecular complexity index is 410. The number of aromatic nitrogens is 2. The number of nitrogens with zero attached hydrogens (tertiary/aromatic N) is 1. The second-order valence-corrected chi connectivity index (χ2v) is 5.08. The van der Waals surface area contributed by atoms with Crippen LogP contribution in [0.2, 0.25) is 0 Å². The maximum Gasteiger partial charge on any atom is 0.266 e. The molecular formula is C12H19N3O. The number of hydrogen-bond donors (Lipinski definition) is 2. The van der Waals surface area contributed by atoms with Gasteiger partial charge < -0.3 is 5.32 Å². The molecule has 88 valence electrons. The van der Waals surface area contributed by atoms with Crippen molar-refractivity contribution in [2.45, 2.75) is 50.6 Å². The van der Waals surface area contributed by atoms with Crippen molar-refractivity contribution in [1.29, 1.82) is 0 Å². The molecule has 0 aromatic carbocycles. The number of rotatable bonds is 3. The first-order valence-electron chi connectivity index (χ1n) is 6.36. The van der Waals surface area contributed by atoms with Gasteiger partial charge in [0.2, 0.25) is 0 Å². The molecule has 1 aromatic rings. The minimum Gasteiger partial charge on any atom is -0.312 e. The van der Waals surface area contributed by atoms with Crippen molar-refractivity contribution < 1.29 is 0 Å². The van der Waals surface area contributed by atoms with Crippen molar-refractivity contribution in [3.8, 4) is 0 Å². The highest BCUT2D eigenvalue weighted by Gasteiger charge is 2.23. The van der Waals surface area contributed by atoms with Crippen LogP contribution in [0.4, 0.5) is 0 Å². The average molecular weight is 221 g/mol.